The first-order valence-corrected chi connectivity index (χ1v) is 9.64. The first-order valence-electron chi connectivity index (χ1n) is 9.64. The van der Waals surface area contributed by atoms with Crippen molar-refractivity contribution in [3.8, 4) is 5.75 Å². The molecule has 28 heavy (non-hydrogen) atoms. The Kier molecular flexibility index (Phi) is 4.31. The molecule has 2 N–H and O–H groups in total. The van der Waals surface area contributed by atoms with Crippen molar-refractivity contribution in [3.05, 3.63) is 53.7 Å². The molecule has 3 aromatic rings. The molecule has 2 aromatic heterocycles. The Morgan fingerprint density at radius 2 is 2.11 bits per heavy atom. The molecule has 1 fully saturated rings. The zero-order chi connectivity index (χ0) is 18.9. The number of nitrogens with zero attached hydrogens (tertiary/aromatic N) is 3. The number of aromatic nitrogens is 4. The molecule has 8 heteroatoms. The van der Waals surface area contributed by atoms with E-state index in [1.54, 1.807) is 6.33 Å². The molecule has 0 radical (unpaired) electrons. The predicted molar refractivity (Wildman–Crippen MR) is 99.9 cm³/mol. The smallest absolute Gasteiger partial charge is 0.233 e. The van der Waals surface area contributed by atoms with Gasteiger partial charge in [-0.3, -0.25) is 4.79 Å². The van der Waals surface area contributed by atoms with Crippen molar-refractivity contribution in [1.29, 1.82) is 0 Å². The molecular formula is C20H21N5O3. The summed E-state index contributed by atoms with van der Waals surface area (Å²) in [6.45, 7) is 0.256. The van der Waals surface area contributed by atoms with Crippen LogP contribution in [0.5, 0.6) is 5.75 Å². The number of rotatable bonds is 6. The summed E-state index contributed by atoms with van der Waals surface area (Å²) in [5.41, 5.74) is 2.67. The van der Waals surface area contributed by atoms with Gasteiger partial charge in [0.05, 0.1) is 17.9 Å². The van der Waals surface area contributed by atoms with Crippen LogP contribution in [-0.4, -0.2) is 26.0 Å². The quantitative estimate of drug-likeness (QED) is 0.681. The summed E-state index contributed by atoms with van der Waals surface area (Å²) in [5.74, 6) is 2.14. The van der Waals surface area contributed by atoms with Crippen LogP contribution in [0.2, 0.25) is 0 Å². The Morgan fingerprint density at radius 3 is 2.93 bits per heavy atom. The molecule has 0 saturated heterocycles. The largest absolute Gasteiger partial charge is 0.485 e. The van der Waals surface area contributed by atoms with Gasteiger partial charge in [-0.25, -0.2) is 4.98 Å². The average Bonchev–Trinajstić information content (AvgIpc) is 3.26. The number of hydrogen-bond acceptors (Lipinski definition) is 6. The summed E-state index contributed by atoms with van der Waals surface area (Å²) in [6.07, 6.45) is 6.67. The second-order valence-electron chi connectivity index (χ2n) is 7.34. The number of fused-ring (bicyclic) bond motifs is 1. The van der Waals surface area contributed by atoms with Crippen LogP contribution in [0.1, 0.15) is 60.6 Å². The number of aryl methyl sites for hydroxylation is 1. The van der Waals surface area contributed by atoms with Crippen molar-refractivity contribution < 1.29 is 14.1 Å². The van der Waals surface area contributed by atoms with Crippen LogP contribution in [0.3, 0.4) is 0 Å². The predicted octanol–water partition coefficient (Wildman–Crippen LogP) is 3.31. The fourth-order valence-electron chi connectivity index (χ4n) is 3.54. The van der Waals surface area contributed by atoms with E-state index in [1.807, 2.05) is 24.3 Å². The van der Waals surface area contributed by atoms with Gasteiger partial charge < -0.3 is 19.6 Å². The van der Waals surface area contributed by atoms with Crippen LogP contribution in [0.4, 0.5) is 5.69 Å². The lowest BCUT2D eigenvalue weighted by Gasteiger charge is -2.20. The maximum Gasteiger partial charge on any atom is 0.233 e. The maximum absolute atomic E-state index is 12.7. The Morgan fingerprint density at radius 1 is 1.25 bits per heavy atom. The Bertz CT molecular complexity index is 974. The van der Waals surface area contributed by atoms with E-state index < -0.39 is 0 Å². The molecule has 2 aliphatic rings. The first kappa shape index (κ1) is 17.0. The third kappa shape index (κ3) is 3.49. The Labute approximate surface area is 161 Å². The van der Waals surface area contributed by atoms with Crippen molar-refractivity contribution in [2.24, 2.45) is 0 Å². The molecule has 0 bridgehead atoms. The van der Waals surface area contributed by atoms with Crippen molar-refractivity contribution in [1.82, 2.24) is 20.1 Å². The van der Waals surface area contributed by atoms with Gasteiger partial charge in [-0.1, -0.05) is 5.16 Å². The number of aromatic amines is 1. The molecule has 0 aliphatic heterocycles. The highest BCUT2D eigenvalue weighted by Gasteiger charge is 2.30. The van der Waals surface area contributed by atoms with Gasteiger partial charge in [-0.15, -0.1) is 0 Å². The van der Waals surface area contributed by atoms with Gasteiger partial charge in [0.25, 0.3) is 0 Å². The molecule has 1 aromatic carbocycles. The molecule has 1 atom stereocenters. The summed E-state index contributed by atoms with van der Waals surface area (Å²) in [4.78, 5) is 24.5. The lowest BCUT2D eigenvalue weighted by Crippen LogP contribution is -2.24. The number of amides is 1. The number of hydrogen-bond donors (Lipinski definition) is 2. The SMILES string of the molecule is O=C(Nc1ccc(OCc2noc(C3CC3)n2)cc1)C1CCCc2[nH]cnc21. The third-order valence-electron chi connectivity index (χ3n) is 5.22. The minimum absolute atomic E-state index is 0.0267. The lowest BCUT2D eigenvalue weighted by atomic mass is 9.89. The molecule has 1 amide bonds. The molecule has 2 aliphatic carbocycles. The molecule has 1 unspecified atom stereocenters. The van der Waals surface area contributed by atoms with Crippen molar-refractivity contribution >= 4 is 11.6 Å². The lowest BCUT2D eigenvalue weighted by molar-refractivity contribution is -0.118. The minimum atomic E-state index is -0.204. The van der Waals surface area contributed by atoms with E-state index >= 15 is 0 Å². The van der Waals surface area contributed by atoms with Crippen LogP contribution in [-0.2, 0) is 17.8 Å². The topological polar surface area (TPSA) is 106 Å². The standard InChI is InChI=1S/C20H21N5O3/c26-19(15-2-1-3-16-18(15)22-11-21-16)23-13-6-8-14(9-7-13)27-10-17-24-20(28-25-17)12-4-5-12/h6-9,11-12,15H,1-5,10H2,(H,21,22)(H,23,26). The van der Waals surface area contributed by atoms with E-state index in [0.29, 0.717) is 23.4 Å². The number of nitrogens with one attached hydrogen (secondary N) is 2. The number of ether oxygens (including phenoxy) is 1. The van der Waals surface area contributed by atoms with Crippen molar-refractivity contribution in [3.63, 3.8) is 0 Å². The summed E-state index contributed by atoms with van der Waals surface area (Å²) in [5, 5.41) is 6.92. The van der Waals surface area contributed by atoms with E-state index in [1.165, 1.54) is 0 Å². The van der Waals surface area contributed by atoms with Crippen LogP contribution in [0, 0.1) is 0 Å². The summed E-state index contributed by atoms with van der Waals surface area (Å²) < 4.78 is 10.9. The van der Waals surface area contributed by atoms with Crippen molar-refractivity contribution in [2.75, 3.05) is 5.32 Å². The zero-order valence-corrected chi connectivity index (χ0v) is 15.4. The van der Waals surface area contributed by atoms with E-state index in [4.69, 9.17) is 9.26 Å². The molecule has 2 heterocycles. The average molecular weight is 379 g/mol. The number of anilines is 1. The fourth-order valence-corrected chi connectivity index (χ4v) is 3.54. The number of benzene rings is 1. The highest BCUT2D eigenvalue weighted by molar-refractivity contribution is 5.95. The van der Waals surface area contributed by atoms with Crippen LogP contribution in [0.25, 0.3) is 0 Å². The monoisotopic (exact) mass is 379 g/mol. The second-order valence-corrected chi connectivity index (χ2v) is 7.34. The first-order chi connectivity index (χ1) is 13.8. The number of H-pyrrole nitrogens is 1. The molecule has 144 valence electrons. The number of carbonyl (C=O) groups excluding carboxylic acids is 1. The van der Waals surface area contributed by atoms with E-state index in [-0.39, 0.29) is 18.4 Å². The van der Waals surface area contributed by atoms with Gasteiger partial charge in [0.2, 0.25) is 17.6 Å². The summed E-state index contributed by atoms with van der Waals surface area (Å²) >= 11 is 0. The zero-order valence-electron chi connectivity index (χ0n) is 15.4. The number of carbonyl (C=O) groups is 1. The van der Waals surface area contributed by atoms with E-state index in [9.17, 15) is 4.79 Å². The highest BCUT2D eigenvalue weighted by atomic mass is 16.5. The van der Waals surface area contributed by atoms with Gasteiger partial charge in [0.1, 0.15) is 5.75 Å². The van der Waals surface area contributed by atoms with E-state index in [0.717, 1.165) is 49.2 Å². The Hall–Kier alpha value is -3.16. The van der Waals surface area contributed by atoms with Gasteiger partial charge in [-0.2, -0.15) is 4.98 Å². The van der Waals surface area contributed by atoms with Gasteiger partial charge in [0, 0.05) is 17.3 Å². The molecule has 5 rings (SSSR count). The minimum Gasteiger partial charge on any atom is -0.485 e. The molecule has 8 nitrogen and oxygen atoms in total. The maximum atomic E-state index is 12.7. The fraction of sp³-hybridized carbons (Fsp3) is 0.400. The number of imidazole rings is 1. The van der Waals surface area contributed by atoms with E-state index in [2.05, 4.69) is 25.4 Å². The van der Waals surface area contributed by atoms with Gasteiger partial charge >= 0.3 is 0 Å². The molecular weight excluding hydrogens is 358 g/mol. The Balaban J connectivity index is 1.18. The second kappa shape index (κ2) is 7.10. The molecule has 0 spiro atoms. The summed E-state index contributed by atoms with van der Waals surface area (Å²) in [7, 11) is 0. The van der Waals surface area contributed by atoms with Crippen LogP contribution >= 0.6 is 0 Å². The summed E-state index contributed by atoms with van der Waals surface area (Å²) in [6, 6.07) is 7.29. The van der Waals surface area contributed by atoms with Gasteiger partial charge in [-0.05, 0) is 56.4 Å². The van der Waals surface area contributed by atoms with Crippen molar-refractivity contribution in [2.45, 2.75) is 50.5 Å². The van der Waals surface area contributed by atoms with Gasteiger partial charge in [0.15, 0.2) is 6.61 Å². The van der Waals surface area contributed by atoms with Crippen LogP contribution in [0.15, 0.2) is 35.1 Å². The normalized spacial score (nSPS) is 18.5. The van der Waals surface area contributed by atoms with Crippen LogP contribution < -0.4 is 10.1 Å². The molecule has 1 saturated carbocycles. The third-order valence-corrected chi connectivity index (χ3v) is 5.22. The highest BCUT2D eigenvalue weighted by Crippen LogP contribution is 2.38.